The third-order valence-corrected chi connectivity index (χ3v) is 3.56. The van der Waals surface area contributed by atoms with E-state index in [1.54, 1.807) is 23.1 Å². The predicted molar refractivity (Wildman–Crippen MR) is 74.5 cm³/mol. The van der Waals surface area contributed by atoms with Crippen LogP contribution >= 0.6 is 0 Å². The van der Waals surface area contributed by atoms with Crippen molar-refractivity contribution >= 4 is 17.0 Å². The second kappa shape index (κ2) is 5.50. The fourth-order valence-corrected chi connectivity index (χ4v) is 2.49. The third-order valence-electron chi connectivity index (χ3n) is 3.56. The minimum atomic E-state index is -0.479. The first-order valence-electron chi connectivity index (χ1n) is 6.82. The molecule has 0 aliphatic carbocycles. The summed E-state index contributed by atoms with van der Waals surface area (Å²) in [4.78, 5) is 25.9. The first-order valence-corrected chi connectivity index (χ1v) is 6.82. The number of amides is 1. The lowest BCUT2D eigenvalue weighted by molar-refractivity contribution is -0.131. The maximum atomic E-state index is 12.3. The van der Waals surface area contributed by atoms with E-state index in [9.17, 15) is 9.59 Å². The van der Waals surface area contributed by atoms with Crippen LogP contribution in [0.4, 0.5) is 0 Å². The van der Waals surface area contributed by atoms with Crippen molar-refractivity contribution in [2.75, 3.05) is 26.2 Å². The van der Waals surface area contributed by atoms with Crippen molar-refractivity contribution in [2.24, 2.45) is 0 Å². The van der Waals surface area contributed by atoms with Gasteiger partial charge < -0.3 is 14.6 Å². The average molecular weight is 275 g/mol. The summed E-state index contributed by atoms with van der Waals surface area (Å²) in [5.74, 6) is -0.519. The molecule has 0 unspecified atom stereocenters. The topological polar surface area (TPSA) is 67.5 Å². The lowest BCUT2D eigenvalue weighted by Gasteiger charge is -2.19. The van der Waals surface area contributed by atoms with Crippen LogP contribution in [0.3, 0.4) is 0 Å². The number of hydrogen-bond acceptors (Lipinski definition) is 4. The highest BCUT2D eigenvalue weighted by Crippen LogP contribution is 2.12. The van der Waals surface area contributed by atoms with Gasteiger partial charge in [-0.15, -0.1) is 0 Å². The lowest BCUT2D eigenvalue weighted by Crippen LogP contribution is -2.37. The number of rotatable bonds is 2. The molecule has 1 aliphatic rings. The third kappa shape index (κ3) is 2.46. The minimum absolute atomic E-state index is 0.0375. The number of para-hydroxylation sites is 2. The normalized spacial score (nSPS) is 16.3. The number of nitrogens with zero attached hydrogens (tertiary/aromatic N) is 2. The number of carbonyl (C=O) groups is 1. The Hall–Kier alpha value is -2.08. The van der Waals surface area contributed by atoms with E-state index in [2.05, 4.69) is 5.32 Å². The number of nitrogens with one attached hydrogen (secondary N) is 1. The Morgan fingerprint density at radius 1 is 1.25 bits per heavy atom. The number of hydrogen-bond donors (Lipinski definition) is 1. The fraction of sp³-hybridized carbons (Fsp3) is 0.429. The molecule has 1 amide bonds. The number of fused-ring (bicyclic) bond motifs is 1. The van der Waals surface area contributed by atoms with E-state index in [-0.39, 0.29) is 12.5 Å². The first kappa shape index (κ1) is 12.9. The Kier molecular flexibility index (Phi) is 3.56. The quantitative estimate of drug-likeness (QED) is 0.862. The standard InChI is InChI=1S/C14H17N3O3/c18-13(16-8-3-6-15-7-9-16)10-17-11-4-1-2-5-12(11)20-14(17)19/h1-2,4-5,15H,3,6-10H2. The van der Waals surface area contributed by atoms with Crippen molar-refractivity contribution in [3.05, 3.63) is 34.8 Å². The van der Waals surface area contributed by atoms with Crippen LogP contribution in [0.1, 0.15) is 6.42 Å². The fourth-order valence-electron chi connectivity index (χ4n) is 2.49. The van der Waals surface area contributed by atoms with Crippen LogP contribution in [0.25, 0.3) is 11.1 Å². The highest BCUT2D eigenvalue weighted by atomic mass is 16.4. The summed E-state index contributed by atoms with van der Waals surface area (Å²) in [5.41, 5.74) is 1.18. The van der Waals surface area contributed by atoms with Gasteiger partial charge in [-0.3, -0.25) is 9.36 Å². The van der Waals surface area contributed by atoms with Gasteiger partial charge in [-0.2, -0.15) is 0 Å². The van der Waals surface area contributed by atoms with Crippen LogP contribution in [0.2, 0.25) is 0 Å². The molecule has 1 fully saturated rings. The molecule has 2 heterocycles. The summed E-state index contributed by atoms with van der Waals surface area (Å²) in [6.45, 7) is 3.18. The van der Waals surface area contributed by atoms with E-state index < -0.39 is 5.76 Å². The minimum Gasteiger partial charge on any atom is -0.408 e. The van der Waals surface area contributed by atoms with Gasteiger partial charge in [-0.25, -0.2) is 4.79 Å². The summed E-state index contributed by atoms with van der Waals surface area (Å²) in [6.07, 6.45) is 0.937. The Bertz CT molecular complexity index is 666. The van der Waals surface area contributed by atoms with Crippen molar-refractivity contribution in [3.8, 4) is 0 Å². The predicted octanol–water partition coefficient (Wildman–Crippen LogP) is 0.416. The lowest BCUT2D eigenvalue weighted by atomic mass is 10.3. The molecule has 6 heteroatoms. The summed E-state index contributed by atoms with van der Waals surface area (Å²) >= 11 is 0. The maximum Gasteiger partial charge on any atom is 0.420 e. The summed E-state index contributed by atoms with van der Waals surface area (Å²) in [5, 5.41) is 3.25. The van der Waals surface area contributed by atoms with E-state index in [1.165, 1.54) is 4.57 Å². The smallest absolute Gasteiger partial charge is 0.408 e. The molecule has 1 saturated heterocycles. The zero-order valence-corrected chi connectivity index (χ0v) is 11.2. The molecule has 0 radical (unpaired) electrons. The van der Waals surface area contributed by atoms with E-state index >= 15 is 0 Å². The zero-order valence-electron chi connectivity index (χ0n) is 11.2. The van der Waals surface area contributed by atoms with Crippen LogP contribution in [-0.2, 0) is 11.3 Å². The Morgan fingerprint density at radius 3 is 3.00 bits per heavy atom. The number of benzene rings is 1. The Balaban J connectivity index is 1.83. The number of carbonyl (C=O) groups excluding carboxylic acids is 1. The van der Waals surface area contributed by atoms with Gasteiger partial charge in [0.25, 0.3) is 0 Å². The SMILES string of the molecule is O=C(Cn1c(=O)oc2ccccc21)N1CCCNCC1. The molecule has 1 aliphatic heterocycles. The van der Waals surface area contributed by atoms with Gasteiger partial charge in [0, 0.05) is 19.6 Å². The Labute approximate surface area is 116 Å². The summed E-state index contributed by atoms with van der Waals surface area (Å²) in [7, 11) is 0. The molecular weight excluding hydrogens is 258 g/mol. The molecule has 6 nitrogen and oxygen atoms in total. The molecule has 0 saturated carbocycles. The van der Waals surface area contributed by atoms with Crippen LogP contribution < -0.4 is 11.1 Å². The van der Waals surface area contributed by atoms with E-state index in [4.69, 9.17) is 4.42 Å². The van der Waals surface area contributed by atoms with Crippen molar-refractivity contribution in [1.29, 1.82) is 0 Å². The number of oxazole rings is 1. The highest BCUT2D eigenvalue weighted by Gasteiger charge is 2.18. The van der Waals surface area contributed by atoms with Gasteiger partial charge in [-0.1, -0.05) is 12.1 Å². The molecule has 0 spiro atoms. The van der Waals surface area contributed by atoms with Crippen molar-refractivity contribution in [3.63, 3.8) is 0 Å². The van der Waals surface area contributed by atoms with E-state index in [0.717, 1.165) is 26.1 Å². The largest absolute Gasteiger partial charge is 0.420 e. The second-order valence-electron chi connectivity index (χ2n) is 4.91. The Morgan fingerprint density at radius 2 is 2.10 bits per heavy atom. The second-order valence-corrected chi connectivity index (χ2v) is 4.91. The van der Waals surface area contributed by atoms with Crippen molar-refractivity contribution in [2.45, 2.75) is 13.0 Å². The first-order chi connectivity index (χ1) is 9.75. The highest BCUT2D eigenvalue weighted by molar-refractivity contribution is 5.79. The van der Waals surface area contributed by atoms with Gasteiger partial charge in [0.05, 0.1) is 5.52 Å². The zero-order chi connectivity index (χ0) is 13.9. The van der Waals surface area contributed by atoms with Crippen LogP contribution in [0.5, 0.6) is 0 Å². The molecule has 3 rings (SSSR count). The molecule has 0 bridgehead atoms. The van der Waals surface area contributed by atoms with Gasteiger partial charge in [0.15, 0.2) is 5.58 Å². The molecule has 20 heavy (non-hydrogen) atoms. The van der Waals surface area contributed by atoms with Crippen LogP contribution in [-0.4, -0.2) is 41.6 Å². The molecule has 106 valence electrons. The molecule has 2 aromatic rings. The van der Waals surface area contributed by atoms with Gasteiger partial charge in [0.2, 0.25) is 5.91 Å². The summed E-state index contributed by atoms with van der Waals surface area (Å²) in [6, 6.07) is 7.15. The van der Waals surface area contributed by atoms with Gasteiger partial charge in [0.1, 0.15) is 6.54 Å². The van der Waals surface area contributed by atoms with E-state index in [0.29, 0.717) is 17.6 Å². The monoisotopic (exact) mass is 275 g/mol. The molecule has 1 N–H and O–H groups in total. The molecular formula is C14H17N3O3. The van der Waals surface area contributed by atoms with Crippen LogP contribution in [0, 0.1) is 0 Å². The average Bonchev–Trinajstić information content (AvgIpc) is 2.66. The molecule has 0 atom stereocenters. The van der Waals surface area contributed by atoms with E-state index in [1.807, 2.05) is 6.07 Å². The van der Waals surface area contributed by atoms with Crippen molar-refractivity contribution in [1.82, 2.24) is 14.8 Å². The van der Waals surface area contributed by atoms with Gasteiger partial charge >= 0.3 is 5.76 Å². The van der Waals surface area contributed by atoms with Gasteiger partial charge in [-0.05, 0) is 25.1 Å². The molecule has 1 aromatic heterocycles. The number of aromatic nitrogens is 1. The summed E-state index contributed by atoms with van der Waals surface area (Å²) < 4.78 is 6.54. The molecule has 1 aromatic carbocycles. The van der Waals surface area contributed by atoms with Crippen LogP contribution in [0.15, 0.2) is 33.5 Å². The maximum absolute atomic E-state index is 12.3. The van der Waals surface area contributed by atoms with Crippen molar-refractivity contribution < 1.29 is 9.21 Å².